The molecule has 132 valence electrons. The standard InChI is InChI=1S/C19H18N4O3/c1-3-25-15-7-4-6-13-10-16(26-17(13)15)12(2)22-19(24)14-11-21-23-9-5-8-20-18(14)23/h4-12H,3H2,1-2H3,(H,22,24)/t12-/m1/s1. The molecule has 0 fully saturated rings. The van der Waals surface area contributed by atoms with Crippen LogP contribution in [0.15, 0.2) is 53.3 Å². The molecular formula is C19H18N4O3. The number of rotatable bonds is 5. The normalized spacial score (nSPS) is 12.4. The highest BCUT2D eigenvalue weighted by Crippen LogP contribution is 2.31. The molecule has 1 atom stereocenters. The molecular weight excluding hydrogens is 332 g/mol. The highest BCUT2D eigenvalue weighted by Gasteiger charge is 2.19. The van der Waals surface area contributed by atoms with E-state index in [1.807, 2.05) is 38.1 Å². The van der Waals surface area contributed by atoms with Crippen LogP contribution in [0.5, 0.6) is 5.75 Å². The van der Waals surface area contributed by atoms with Crippen molar-refractivity contribution in [1.29, 1.82) is 0 Å². The highest BCUT2D eigenvalue weighted by atomic mass is 16.5. The van der Waals surface area contributed by atoms with Crippen molar-refractivity contribution >= 4 is 22.5 Å². The fourth-order valence-electron chi connectivity index (χ4n) is 2.87. The van der Waals surface area contributed by atoms with Gasteiger partial charge >= 0.3 is 0 Å². The lowest BCUT2D eigenvalue weighted by Gasteiger charge is -2.10. The number of carbonyl (C=O) groups is 1. The van der Waals surface area contributed by atoms with Crippen LogP contribution in [0.4, 0.5) is 0 Å². The van der Waals surface area contributed by atoms with Gasteiger partial charge in [0.1, 0.15) is 11.3 Å². The van der Waals surface area contributed by atoms with Gasteiger partial charge in [0.25, 0.3) is 5.91 Å². The van der Waals surface area contributed by atoms with E-state index in [4.69, 9.17) is 9.15 Å². The summed E-state index contributed by atoms with van der Waals surface area (Å²) in [5.74, 6) is 1.10. The molecule has 3 aromatic heterocycles. The smallest absolute Gasteiger partial charge is 0.257 e. The predicted molar refractivity (Wildman–Crippen MR) is 96.3 cm³/mol. The Kier molecular flexibility index (Phi) is 4.04. The van der Waals surface area contributed by atoms with Crippen LogP contribution >= 0.6 is 0 Å². The minimum absolute atomic E-state index is 0.253. The summed E-state index contributed by atoms with van der Waals surface area (Å²) in [5.41, 5.74) is 1.62. The molecule has 4 aromatic rings. The van der Waals surface area contributed by atoms with Crippen LogP contribution in [-0.4, -0.2) is 27.1 Å². The number of benzene rings is 1. The number of para-hydroxylation sites is 1. The van der Waals surface area contributed by atoms with E-state index >= 15 is 0 Å². The van der Waals surface area contributed by atoms with Gasteiger partial charge in [0.15, 0.2) is 17.0 Å². The molecule has 0 radical (unpaired) electrons. The van der Waals surface area contributed by atoms with Gasteiger partial charge in [-0.2, -0.15) is 5.10 Å². The SMILES string of the molecule is CCOc1cccc2cc([C@@H](C)NC(=O)c3cnn4cccnc34)oc12. The molecule has 0 spiro atoms. The van der Waals surface area contributed by atoms with Gasteiger partial charge < -0.3 is 14.5 Å². The monoisotopic (exact) mass is 350 g/mol. The quantitative estimate of drug-likeness (QED) is 0.597. The largest absolute Gasteiger partial charge is 0.490 e. The molecule has 1 amide bonds. The minimum atomic E-state index is -0.317. The third-order valence-electron chi connectivity index (χ3n) is 4.13. The summed E-state index contributed by atoms with van der Waals surface area (Å²) in [4.78, 5) is 16.8. The summed E-state index contributed by atoms with van der Waals surface area (Å²) in [6.45, 7) is 4.36. The Morgan fingerprint density at radius 2 is 2.27 bits per heavy atom. The summed E-state index contributed by atoms with van der Waals surface area (Å²) >= 11 is 0. The molecule has 1 aromatic carbocycles. The molecule has 0 aliphatic heterocycles. The third-order valence-corrected chi connectivity index (χ3v) is 4.13. The van der Waals surface area contributed by atoms with Crippen LogP contribution in [0.25, 0.3) is 16.6 Å². The number of furan rings is 1. The van der Waals surface area contributed by atoms with Crippen LogP contribution in [0.1, 0.15) is 36.0 Å². The number of nitrogens with zero attached hydrogens (tertiary/aromatic N) is 3. The van der Waals surface area contributed by atoms with Crippen LogP contribution in [0.2, 0.25) is 0 Å². The zero-order valence-corrected chi connectivity index (χ0v) is 14.5. The zero-order valence-electron chi connectivity index (χ0n) is 14.5. The van der Waals surface area contributed by atoms with Crippen molar-refractivity contribution in [1.82, 2.24) is 19.9 Å². The molecule has 3 heterocycles. The van der Waals surface area contributed by atoms with Crippen molar-refractivity contribution < 1.29 is 13.9 Å². The van der Waals surface area contributed by atoms with Gasteiger partial charge in [-0.1, -0.05) is 12.1 Å². The van der Waals surface area contributed by atoms with Crippen LogP contribution < -0.4 is 10.1 Å². The molecule has 26 heavy (non-hydrogen) atoms. The Morgan fingerprint density at radius 3 is 3.12 bits per heavy atom. The van der Waals surface area contributed by atoms with E-state index in [0.717, 1.165) is 5.39 Å². The Morgan fingerprint density at radius 1 is 1.38 bits per heavy atom. The Labute approximate surface area is 149 Å². The number of hydrogen-bond donors (Lipinski definition) is 1. The maximum atomic E-state index is 12.6. The summed E-state index contributed by atoms with van der Waals surface area (Å²) in [6.07, 6.45) is 4.89. The lowest BCUT2D eigenvalue weighted by molar-refractivity contribution is 0.0937. The first-order valence-electron chi connectivity index (χ1n) is 8.42. The van der Waals surface area contributed by atoms with Gasteiger partial charge in [-0.25, -0.2) is 9.50 Å². The molecule has 7 nitrogen and oxygen atoms in total. The van der Waals surface area contributed by atoms with Crippen LogP contribution in [0.3, 0.4) is 0 Å². The molecule has 1 N–H and O–H groups in total. The average Bonchev–Trinajstić information content (AvgIpc) is 3.27. The second-order valence-electron chi connectivity index (χ2n) is 5.90. The predicted octanol–water partition coefficient (Wildman–Crippen LogP) is 3.37. The first kappa shape index (κ1) is 16.1. The summed E-state index contributed by atoms with van der Waals surface area (Å²) < 4.78 is 13.1. The lowest BCUT2D eigenvalue weighted by atomic mass is 10.2. The number of fused-ring (bicyclic) bond motifs is 2. The van der Waals surface area contributed by atoms with E-state index in [1.165, 1.54) is 6.20 Å². The Bertz CT molecular complexity index is 1080. The zero-order chi connectivity index (χ0) is 18.1. The summed E-state index contributed by atoms with van der Waals surface area (Å²) in [7, 11) is 0. The molecule has 0 bridgehead atoms. The second-order valence-corrected chi connectivity index (χ2v) is 5.90. The fraction of sp³-hybridized carbons (Fsp3) is 0.211. The minimum Gasteiger partial charge on any atom is -0.490 e. The number of aromatic nitrogens is 3. The van der Waals surface area contributed by atoms with Crippen molar-refractivity contribution in [2.75, 3.05) is 6.61 Å². The first-order chi connectivity index (χ1) is 12.7. The number of amides is 1. The van der Waals surface area contributed by atoms with E-state index in [1.54, 1.807) is 23.0 Å². The fourth-order valence-corrected chi connectivity index (χ4v) is 2.87. The Hall–Kier alpha value is -3.35. The van der Waals surface area contributed by atoms with E-state index in [-0.39, 0.29) is 11.9 Å². The van der Waals surface area contributed by atoms with E-state index in [0.29, 0.717) is 34.9 Å². The van der Waals surface area contributed by atoms with Crippen LogP contribution in [0, 0.1) is 0 Å². The maximum absolute atomic E-state index is 12.6. The van der Waals surface area contributed by atoms with Crippen molar-refractivity contribution in [3.63, 3.8) is 0 Å². The third kappa shape index (κ3) is 2.77. The molecule has 0 saturated heterocycles. The van der Waals surface area contributed by atoms with Crippen LogP contribution in [-0.2, 0) is 0 Å². The molecule has 0 unspecified atom stereocenters. The van der Waals surface area contributed by atoms with Gasteiger partial charge in [0, 0.05) is 17.8 Å². The average molecular weight is 350 g/mol. The first-order valence-corrected chi connectivity index (χ1v) is 8.42. The van der Waals surface area contributed by atoms with E-state index in [9.17, 15) is 4.79 Å². The second kappa shape index (κ2) is 6.51. The number of hydrogen-bond acceptors (Lipinski definition) is 5. The topological polar surface area (TPSA) is 81.7 Å². The van der Waals surface area contributed by atoms with E-state index in [2.05, 4.69) is 15.4 Å². The highest BCUT2D eigenvalue weighted by molar-refractivity contribution is 5.99. The van der Waals surface area contributed by atoms with Crippen molar-refractivity contribution in [3.05, 3.63) is 60.2 Å². The van der Waals surface area contributed by atoms with Crippen molar-refractivity contribution in [2.24, 2.45) is 0 Å². The molecule has 0 aliphatic rings. The Balaban J connectivity index is 1.60. The maximum Gasteiger partial charge on any atom is 0.257 e. The van der Waals surface area contributed by atoms with E-state index < -0.39 is 0 Å². The number of nitrogens with one attached hydrogen (secondary N) is 1. The number of carbonyl (C=O) groups excluding carboxylic acids is 1. The van der Waals surface area contributed by atoms with Crippen molar-refractivity contribution in [3.8, 4) is 5.75 Å². The van der Waals surface area contributed by atoms with Gasteiger partial charge in [-0.15, -0.1) is 0 Å². The molecule has 7 heteroatoms. The van der Waals surface area contributed by atoms with Gasteiger partial charge in [-0.3, -0.25) is 4.79 Å². The number of ether oxygens (including phenoxy) is 1. The molecule has 4 rings (SSSR count). The lowest BCUT2D eigenvalue weighted by Crippen LogP contribution is -2.26. The van der Waals surface area contributed by atoms with Crippen molar-refractivity contribution in [2.45, 2.75) is 19.9 Å². The summed E-state index contributed by atoms with van der Waals surface area (Å²) in [6, 6.07) is 9.09. The van der Waals surface area contributed by atoms with Gasteiger partial charge in [0.2, 0.25) is 0 Å². The van der Waals surface area contributed by atoms with Gasteiger partial charge in [-0.05, 0) is 32.0 Å². The molecule has 0 aliphatic carbocycles. The summed E-state index contributed by atoms with van der Waals surface area (Å²) in [5, 5.41) is 8.01. The van der Waals surface area contributed by atoms with Gasteiger partial charge in [0.05, 0.1) is 18.8 Å². The molecule has 0 saturated carbocycles.